The predicted molar refractivity (Wildman–Crippen MR) is 115 cm³/mol. The van der Waals surface area contributed by atoms with Crippen LogP contribution in [0, 0.1) is 0 Å². The van der Waals surface area contributed by atoms with Gasteiger partial charge in [-0.3, -0.25) is 18.9 Å². The fourth-order valence-electron chi connectivity index (χ4n) is 2.90. The average molecular weight is 413 g/mol. The zero-order valence-electron chi connectivity index (χ0n) is 17.5. The molecule has 0 fully saturated rings. The summed E-state index contributed by atoms with van der Waals surface area (Å²) in [6, 6.07) is 3.63. The van der Waals surface area contributed by atoms with Gasteiger partial charge in [-0.25, -0.2) is 9.78 Å². The van der Waals surface area contributed by atoms with E-state index in [0.717, 1.165) is 36.2 Å². The summed E-state index contributed by atoms with van der Waals surface area (Å²) in [4.78, 5) is 35.7. The van der Waals surface area contributed by atoms with Crippen molar-refractivity contribution < 1.29 is 0 Å². The molecule has 0 saturated carbocycles. The Balaban J connectivity index is 1.74. The number of aromatic nitrogens is 6. The maximum Gasteiger partial charge on any atom is 0.332 e. The van der Waals surface area contributed by atoms with Gasteiger partial charge < -0.3 is 15.5 Å². The summed E-state index contributed by atoms with van der Waals surface area (Å²) in [5.74, 6) is 0.263. The minimum atomic E-state index is -0.499. The Hall–Kier alpha value is -3.18. The van der Waals surface area contributed by atoms with Crippen LogP contribution in [0.15, 0.2) is 34.1 Å². The van der Waals surface area contributed by atoms with Crippen LogP contribution >= 0.6 is 0 Å². The number of rotatable bonds is 10. The lowest BCUT2D eigenvalue weighted by Gasteiger charge is -2.12. The highest BCUT2D eigenvalue weighted by molar-refractivity contribution is 5.69. The number of nitrogens with one attached hydrogen (secondary N) is 2. The van der Waals surface area contributed by atoms with Crippen LogP contribution in [0.4, 0.5) is 5.95 Å². The normalized spacial score (nSPS) is 11.3. The topological polar surface area (TPSA) is 123 Å². The summed E-state index contributed by atoms with van der Waals surface area (Å²) < 4.78 is 2.41. The first-order valence-electron chi connectivity index (χ1n) is 9.80. The summed E-state index contributed by atoms with van der Waals surface area (Å²) in [5, 5.41) is 14.6. The molecule has 0 aliphatic carbocycles. The Bertz CT molecular complexity index is 1090. The van der Waals surface area contributed by atoms with Gasteiger partial charge in [-0.15, -0.1) is 10.2 Å². The minimum absolute atomic E-state index is 0.0996. The molecule has 0 spiro atoms. The molecule has 0 unspecified atom stereocenters. The molecular formula is C19H27N9O2. The van der Waals surface area contributed by atoms with Crippen molar-refractivity contribution in [3.8, 4) is 0 Å². The zero-order valence-corrected chi connectivity index (χ0v) is 17.5. The van der Waals surface area contributed by atoms with Crippen LogP contribution in [0.1, 0.15) is 12.0 Å². The molecule has 3 aromatic rings. The standard InChI is InChI=1S/C19H27N9O2/c1-26(2)11-10-20-8-5-9-22-18-23-15-16(24-25-18)28(19(30)27(3)17(15)29)13-14-6-4-7-21-12-14/h4,6-7,12,20H,5,8-11,13H2,1-3H3,(H,22,23,25). The second kappa shape index (κ2) is 10.0. The Morgan fingerprint density at radius 3 is 2.70 bits per heavy atom. The molecule has 0 atom stereocenters. The molecule has 3 rings (SSSR count). The van der Waals surface area contributed by atoms with Gasteiger partial charge in [0, 0.05) is 39.1 Å². The third-order valence-electron chi connectivity index (χ3n) is 4.56. The van der Waals surface area contributed by atoms with Crippen molar-refractivity contribution in [1.29, 1.82) is 0 Å². The molecule has 11 nitrogen and oxygen atoms in total. The van der Waals surface area contributed by atoms with E-state index in [2.05, 4.69) is 35.7 Å². The summed E-state index contributed by atoms with van der Waals surface area (Å²) in [7, 11) is 5.50. The maximum absolute atomic E-state index is 12.6. The lowest BCUT2D eigenvalue weighted by atomic mass is 10.3. The molecule has 0 bridgehead atoms. The monoisotopic (exact) mass is 413 g/mol. The van der Waals surface area contributed by atoms with Crippen LogP contribution in [-0.4, -0.2) is 74.5 Å². The number of nitrogens with zero attached hydrogens (tertiary/aromatic N) is 7. The summed E-state index contributed by atoms with van der Waals surface area (Å²) in [5.41, 5.74) is 0.0912. The van der Waals surface area contributed by atoms with E-state index in [9.17, 15) is 9.59 Å². The molecular weight excluding hydrogens is 386 g/mol. The number of fused-ring (bicyclic) bond motifs is 1. The van der Waals surface area contributed by atoms with Gasteiger partial charge in [-0.05, 0) is 38.7 Å². The van der Waals surface area contributed by atoms with E-state index in [1.165, 1.54) is 11.6 Å². The number of pyridine rings is 1. The lowest BCUT2D eigenvalue weighted by molar-refractivity contribution is 0.400. The van der Waals surface area contributed by atoms with E-state index in [1.807, 2.05) is 20.2 Å². The summed E-state index contributed by atoms with van der Waals surface area (Å²) in [6.07, 6.45) is 4.18. The van der Waals surface area contributed by atoms with Crippen molar-refractivity contribution in [2.75, 3.05) is 45.6 Å². The SMILES string of the molecule is CN(C)CCNCCCNc1nnc2c(n1)c(=O)n(C)c(=O)n2Cc1cccnc1. The lowest BCUT2D eigenvalue weighted by Crippen LogP contribution is -2.39. The molecule has 0 aromatic carbocycles. The molecule has 3 heterocycles. The Morgan fingerprint density at radius 1 is 1.13 bits per heavy atom. The highest BCUT2D eigenvalue weighted by atomic mass is 16.2. The Kier molecular flexibility index (Phi) is 7.20. The first-order chi connectivity index (χ1) is 14.5. The van der Waals surface area contributed by atoms with Gasteiger partial charge >= 0.3 is 5.69 Å². The number of likely N-dealkylation sites (N-methyl/N-ethyl adjacent to an activating group) is 1. The highest BCUT2D eigenvalue weighted by Crippen LogP contribution is 2.07. The van der Waals surface area contributed by atoms with Crippen LogP contribution in [0.3, 0.4) is 0 Å². The second-order valence-corrected chi connectivity index (χ2v) is 7.24. The molecule has 0 aliphatic heterocycles. The molecule has 160 valence electrons. The van der Waals surface area contributed by atoms with Crippen molar-refractivity contribution in [3.63, 3.8) is 0 Å². The number of hydrogen-bond donors (Lipinski definition) is 2. The average Bonchev–Trinajstić information content (AvgIpc) is 2.75. The molecule has 3 aromatic heterocycles. The van der Waals surface area contributed by atoms with Gasteiger partial charge in [0.25, 0.3) is 5.56 Å². The van der Waals surface area contributed by atoms with Crippen molar-refractivity contribution in [2.45, 2.75) is 13.0 Å². The maximum atomic E-state index is 12.6. The van der Waals surface area contributed by atoms with E-state index < -0.39 is 11.2 Å². The predicted octanol–water partition coefficient (Wildman–Crippen LogP) is -0.718. The fourth-order valence-corrected chi connectivity index (χ4v) is 2.90. The van der Waals surface area contributed by atoms with Crippen molar-refractivity contribution in [2.24, 2.45) is 7.05 Å². The van der Waals surface area contributed by atoms with E-state index in [-0.39, 0.29) is 23.7 Å². The molecule has 11 heteroatoms. The smallest absolute Gasteiger partial charge is 0.332 e. The van der Waals surface area contributed by atoms with Crippen LogP contribution in [0.5, 0.6) is 0 Å². The van der Waals surface area contributed by atoms with Gasteiger partial charge in [0.2, 0.25) is 5.95 Å². The molecule has 2 N–H and O–H groups in total. The summed E-state index contributed by atoms with van der Waals surface area (Å²) in [6.45, 7) is 3.62. The van der Waals surface area contributed by atoms with Crippen LogP contribution in [-0.2, 0) is 13.6 Å². The van der Waals surface area contributed by atoms with Crippen molar-refractivity contribution in [1.82, 2.24) is 39.5 Å². The van der Waals surface area contributed by atoms with E-state index in [1.54, 1.807) is 18.5 Å². The first-order valence-corrected chi connectivity index (χ1v) is 9.80. The molecule has 30 heavy (non-hydrogen) atoms. The van der Waals surface area contributed by atoms with Gasteiger partial charge in [-0.1, -0.05) is 6.07 Å². The van der Waals surface area contributed by atoms with Gasteiger partial charge in [0.05, 0.1) is 6.54 Å². The van der Waals surface area contributed by atoms with E-state index in [4.69, 9.17) is 0 Å². The van der Waals surface area contributed by atoms with Crippen LogP contribution in [0.25, 0.3) is 11.2 Å². The zero-order chi connectivity index (χ0) is 21.5. The van der Waals surface area contributed by atoms with Crippen LogP contribution < -0.4 is 21.9 Å². The highest BCUT2D eigenvalue weighted by Gasteiger charge is 2.15. The van der Waals surface area contributed by atoms with Gasteiger partial charge in [-0.2, -0.15) is 0 Å². The fraction of sp³-hybridized carbons (Fsp3) is 0.474. The summed E-state index contributed by atoms with van der Waals surface area (Å²) >= 11 is 0. The van der Waals surface area contributed by atoms with Gasteiger partial charge in [0.15, 0.2) is 11.2 Å². The Labute approximate surface area is 173 Å². The third-order valence-corrected chi connectivity index (χ3v) is 4.56. The molecule has 0 aliphatic rings. The number of anilines is 1. The molecule has 0 saturated heterocycles. The van der Waals surface area contributed by atoms with Crippen LogP contribution in [0.2, 0.25) is 0 Å². The molecule has 0 amide bonds. The van der Waals surface area contributed by atoms with E-state index in [0.29, 0.717) is 6.54 Å². The quantitative estimate of drug-likeness (QED) is 0.415. The second-order valence-electron chi connectivity index (χ2n) is 7.24. The van der Waals surface area contributed by atoms with Gasteiger partial charge in [0.1, 0.15) is 0 Å². The van der Waals surface area contributed by atoms with E-state index >= 15 is 0 Å². The third kappa shape index (κ3) is 5.24. The van der Waals surface area contributed by atoms with Crippen molar-refractivity contribution >= 4 is 17.1 Å². The first kappa shape index (κ1) is 21.5. The number of hydrogen-bond acceptors (Lipinski definition) is 9. The largest absolute Gasteiger partial charge is 0.353 e. The van der Waals surface area contributed by atoms with Crippen molar-refractivity contribution in [3.05, 3.63) is 50.9 Å². The molecule has 0 radical (unpaired) electrons. The minimum Gasteiger partial charge on any atom is -0.353 e. The Morgan fingerprint density at radius 2 is 1.97 bits per heavy atom.